The van der Waals surface area contributed by atoms with Crippen molar-refractivity contribution in [2.45, 2.75) is 25.5 Å². The lowest BCUT2D eigenvalue weighted by Gasteiger charge is -2.11. The molecule has 8 heteroatoms. The lowest BCUT2D eigenvalue weighted by molar-refractivity contribution is -0.139. The Balaban J connectivity index is 1.24. The molecule has 0 saturated carbocycles. The molecule has 1 atom stereocenters. The Kier molecular flexibility index (Phi) is 6.29. The molecule has 0 unspecified atom stereocenters. The van der Waals surface area contributed by atoms with Gasteiger partial charge < -0.3 is 19.8 Å². The van der Waals surface area contributed by atoms with Crippen LogP contribution in [0.5, 0.6) is 5.75 Å². The molecule has 5 rings (SSSR count). The monoisotopic (exact) mass is 476 g/mol. The zero-order valence-corrected chi connectivity index (χ0v) is 18.6. The highest BCUT2D eigenvalue weighted by Gasteiger charge is 2.26. The van der Waals surface area contributed by atoms with Crippen molar-refractivity contribution < 1.29 is 27.8 Å². The summed E-state index contributed by atoms with van der Waals surface area (Å²) >= 11 is 0. The summed E-state index contributed by atoms with van der Waals surface area (Å²) in [5.74, 6) is -2.52. The van der Waals surface area contributed by atoms with Crippen molar-refractivity contribution in [2.24, 2.45) is 0 Å². The summed E-state index contributed by atoms with van der Waals surface area (Å²) in [4.78, 5) is 27.2. The number of fused-ring (bicyclic) bond motifs is 1. The van der Waals surface area contributed by atoms with E-state index >= 15 is 0 Å². The zero-order valence-electron chi connectivity index (χ0n) is 18.6. The third-order valence-corrected chi connectivity index (χ3v) is 6.01. The van der Waals surface area contributed by atoms with Gasteiger partial charge in [0, 0.05) is 11.6 Å². The summed E-state index contributed by atoms with van der Waals surface area (Å²) < 4.78 is 38.8. The molecule has 0 bridgehead atoms. The Morgan fingerprint density at radius 2 is 1.86 bits per heavy atom. The van der Waals surface area contributed by atoms with Crippen LogP contribution in [-0.4, -0.2) is 29.5 Å². The number of nitrogens with one attached hydrogen (secondary N) is 2. The molecule has 6 nitrogen and oxygen atoms in total. The van der Waals surface area contributed by atoms with E-state index in [-0.39, 0.29) is 17.7 Å². The fourth-order valence-corrected chi connectivity index (χ4v) is 4.19. The smallest absolute Gasteiger partial charge is 0.345 e. The molecule has 1 aliphatic heterocycles. The van der Waals surface area contributed by atoms with E-state index < -0.39 is 29.6 Å². The van der Waals surface area contributed by atoms with Crippen molar-refractivity contribution >= 4 is 22.8 Å². The van der Waals surface area contributed by atoms with Gasteiger partial charge in [-0.25, -0.2) is 18.4 Å². The third kappa shape index (κ3) is 4.79. The highest BCUT2D eigenvalue weighted by atomic mass is 19.2. The van der Waals surface area contributed by atoms with Gasteiger partial charge in [-0.3, -0.25) is 0 Å². The van der Waals surface area contributed by atoms with Crippen molar-refractivity contribution in [3.05, 3.63) is 89.6 Å². The number of hydrogen-bond donors (Lipinski definition) is 2. The van der Waals surface area contributed by atoms with Crippen molar-refractivity contribution in [3.63, 3.8) is 0 Å². The Bertz CT molecular complexity index is 1390. The predicted octanol–water partition coefficient (Wildman–Crippen LogP) is 5.13. The number of benzene rings is 3. The Labute approximate surface area is 199 Å². The van der Waals surface area contributed by atoms with Crippen LogP contribution in [0.15, 0.2) is 66.9 Å². The molecule has 1 saturated heterocycles. The lowest BCUT2D eigenvalue weighted by atomic mass is 10.0. The summed E-state index contributed by atoms with van der Waals surface area (Å²) in [6.45, 7) is 0.921. The number of rotatable bonds is 6. The largest absolute Gasteiger partial charge is 0.489 e. The predicted molar refractivity (Wildman–Crippen MR) is 126 cm³/mol. The van der Waals surface area contributed by atoms with E-state index in [9.17, 15) is 18.4 Å². The Hall–Kier alpha value is -4.04. The first kappa shape index (κ1) is 22.7. The van der Waals surface area contributed by atoms with Crippen LogP contribution in [0.25, 0.3) is 22.0 Å². The van der Waals surface area contributed by atoms with Crippen LogP contribution in [0, 0.1) is 11.6 Å². The van der Waals surface area contributed by atoms with E-state index in [1.54, 1.807) is 60.8 Å². The highest BCUT2D eigenvalue weighted by molar-refractivity contribution is 5.98. The molecule has 1 fully saturated rings. The SMILES string of the molecule is O=C(OC(=O)[C@@H]1CCCN1)c1cccc(COc2ccc(-c3cc(F)c(F)c4[nH]ccc34)cc2)c1. The van der Waals surface area contributed by atoms with Gasteiger partial charge in [0.1, 0.15) is 18.4 Å². The standard InChI is InChI=1S/C27H22F2N2O4/c28-22-14-21(20-10-12-31-25(20)24(22)29)17-6-8-19(9-7-17)34-15-16-3-1-4-18(13-16)26(32)35-27(33)23-5-2-11-30-23/h1,3-4,6-10,12-14,23,30-31H,2,5,11,15H2/t23-/m0/s1. The van der Waals surface area contributed by atoms with Crippen molar-refractivity contribution in [1.29, 1.82) is 0 Å². The van der Waals surface area contributed by atoms with Crippen LogP contribution in [0.2, 0.25) is 0 Å². The molecule has 0 aliphatic carbocycles. The molecule has 35 heavy (non-hydrogen) atoms. The quantitative estimate of drug-likeness (QED) is 0.298. The molecule has 0 spiro atoms. The van der Waals surface area contributed by atoms with E-state index in [0.717, 1.165) is 18.5 Å². The Morgan fingerprint density at radius 3 is 2.63 bits per heavy atom. The molecular weight excluding hydrogens is 454 g/mol. The molecule has 2 N–H and O–H groups in total. The molecule has 0 amide bonds. The van der Waals surface area contributed by atoms with Gasteiger partial charge in [0.15, 0.2) is 11.6 Å². The van der Waals surface area contributed by atoms with Crippen LogP contribution >= 0.6 is 0 Å². The first-order chi connectivity index (χ1) is 17.0. The lowest BCUT2D eigenvalue weighted by Crippen LogP contribution is -2.33. The van der Waals surface area contributed by atoms with Crippen LogP contribution in [-0.2, 0) is 16.1 Å². The minimum atomic E-state index is -0.921. The van der Waals surface area contributed by atoms with Gasteiger partial charge >= 0.3 is 11.9 Å². The molecule has 3 aromatic carbocycles. The second-order valence-corrected chi connectivity index (χ2v) is 8.36. The molecule has 1 aliphatic rings. The fraction of sp³-hybridized carbons (Fsp3) is 0.185. The van der Waals surface area contributed by atoms with Gasteiger partial charge in [-0.1, -0.05) is 24.3 Å². The second kappa shape index (κ2) is 9.68. The maximum atomic E-state index is 14.0. The van der Waals surface area contributed by atoms with Crippen LogP contribution < -0.4 is 10.1 Å². The number of aromatic amines is 1. The number of carbonyl (C=O) groups is 2. The number of ether oxygens (including phenoxy) is 2. The van der Waals surface area contributed by atoms with E-state index in [2.05, 4.69) is 10.3 Å². The van der Waals surface area contributed by atoms with E-state index in [1.807, 2.05) is 0 Å². The maximum Gasteiger partial charge on any atom is 0.345 e. The number of aromatic nitrogens is 1. The number of H-pyrrole nitrogens is 1. The first-order valence-corrected chi connectivity index (χ1v) is 11.3. The summed E-state index contributed by atoms with van der Waals surface area (Å²) in [6, 6.07) is 16.2. The number of carbonyl (C=O) groups excluding carboxylic acids is 2. The van der Waals surface area contributed by atoms with Gasteiger partial charge in [-0.05, 0) is 72.5 Å². The molecule has 0 radical (unpaired) electrons. The molecule has 4 aromatic rings. The number of halogens is 2. The normalized spacial score (nSPS) is 15.3. The van der Waals surface area contributed by atoms with Crippen molar-refractivity contribution in [1.82, 2.24) is 10.3 Å². The number of hydrogen-bond acceptors (Lipinski definition) is 5. The van der Waals surface area contributed by atoms with Crippen LogP contribution in [0.1, 0.15) is 28.8 Å². The summed E-state index contributed by atoms with van der Waals surface area (Å²) in [5.41, 5.74) is 2.40. The van der Waals surface area contributed by atoms with Crippen molar-refractivity contribution in [2.75, 3.05) is 6.54 Å². The Morgan fingerprint density at radius 1 is 1.03 bits per heavy atom. The zero-order chi connectivity index (χ0) is 24.4. The summed E-state index contributed by atoms with van der Waals surface area (Å²) in [7, 11) is 0. The first-order valence-electron chi connectivity index (χ1n) is 11.3. The second-order valence-electron chi connectivity index (χ2n) is 8.36. The van der Waals surface area contributed by atoms with Gasteiger partial charge in [-0.2, -0.15) is 0 Å². The van der Waals surface area contributed by atoms with Crippen LogP contribution in [0.4, 0.5) is 8.78 Å². The molecular formula is C27H22F2N2O4. The average molecular weight is 476 g/mol. The van der Waals surface area contributed by atoms with Gasteiger partial charge in [0.25, 0.3) is 0 Å². The minimum Gasteiger partial charge on any atom is -0.489 e. The molecule has 178 valence electrons. The minimum absolute atomic E-state index is 0.125. The maximum absolute atomic E-state index is 14.0. The van der Waals surface area contributed by atoms with Gasteiger partial charge in [0.2, 0.25) is 0 Å². The fourth-order valence-electron chi connectivity index (χ4n) is 4.19. The van der Waals surface area contributed by atoms with Crippen molar-refractivity contribution in [3.8, 4) is 16.9 Å². The van der Waals surface area contributed by atoms with E-state index in [1.165, 1.54) is 6.07 Å². The molecule has 2 heterocycles. The van der Waals surface area contributed by atoms with Gasteiger partial charge in [-0.15, -0.1) is 0 Å². The summed E-state index contributed by atoms with van der Waals surface area (Å²) in [5, 5.41) is 3.59. The third-order valence-electron chi connectivity index (χ3n) is 6.01. The highest BCUT2D eigenvalue weighted by Crippen LogP contribution is 2.32. The number of esters is 2. The average Bonchev–Trinajstić information content (AvgIpc) is 3.59. The topological polar surface area (TPSA) is 80.4 Å². The van der Waals surface area contributed by atoms with E-state index in [0.29, 0.717) is 28.7 Å². The summed E-state index contributed by atoms with van der Waals surface area (Å²) in [6.07, 6.45) is 3.10. The van der Waals surface area contributed by atoms with E-state index in [4.69, 9.17) is 9.47 Å². The van der Waals surface area contributed by atoms with Crippen LogP contribution in [0.3, 0.4) is 0 Å². The van der Waals surface area contributed by atoms with Gasteiger partial charge in [0.05, 0.1) is 11.1 Å². The molecule has 1 aromatic heterocycles.